The van der Waals surface area contributed by atoms with Crippen molar-refractivity contribution in [3.05, 3.63) is 71.9 Å². The van der Waals surface area contributed by atoms with Crippen molar-refractivity contribution in [2.45, 2.75) is 11.4 Å². The van der Waals surface area contributed by atoms with Gasteiger partial charge in [0.2, 0.25) is 0 Å². The molecule has 116 valence electrons. The van der Waals surface area contributed by atoms with Crippen molar-refractivity contribution in [1.82, 2.24) is 10.5 Å². The lowest BCUT2D eigenvalue weighted by molar-refractivity contribution is 0.0947. The summed E-state index contributed by atoms with van der Waals surface area (Å²) in [5.74, 6) is 0.582. The minimum absolute atomic E-state index is 0.112. The van der Waals surface area contributed by atoms with E-state index < -0.39 is 0 Å². The molecule has 2 aromatic carbocycles. The standard InChI is InChI=1S/C18H16N2O2S/c1-23-17-10-6-5-9-15(17)18(21)19-12-14-11-16(22-20-14)13-7-3-2-4-8-13/h2-11H,12H2,1H3,(H,19,21). The molecule has 1 heterocycles. The van der Waals surface area contributed by atoms with Gasteiger partial charge in [-0.3, -0.25) is 4.79 Å². The lowest BCUT2D eigenvalue weighted by Gasteiger charge is -2.06. The molecule has 4 nitrogen and oxygen atoms in total. The number of amides is 1. The first-order chi connectivity index (χ1) is 11.3. The highest BCUT2D eigenvalue weighted by atomic mass is 32.2. The van der Waals surface area contributed by atoms with Crippen molar-refractivity contribution in [3.8, 4) is 11.3 Å². The average molecular weight is 324 g/mol. The van der Waals surface area contributed by atoms with Gasteiger partial charge in [0.05, 0.1) is 12.1 Å². The van der Waals surface area contributed by atoms with Crippen LogP contribution in [0, 0.1) is 0 Å². The Hall–Kier alpha value is -2.53. The summed E-state index contributed by atoms with van der Waals surface area (Å²) in [5, 5.41) is 6.89. The van der Waals surface area contributed by atoms with Crippen LogP contribution in [0.1, 0.15) is 16.1 Å². The van der Waals surface area contributed by atoms with Crippen LogP contribution in [0.25, 0.3) is 11.3 Å². The molecule has 0 radical (unpaired) electrons. The van der Waals surface area contributed by atoms with Gasteiger partial charge in [-0.2, -0.15) is 0 Å². The second kappa shape index (κ2) is 7.15. The first-order valence-electron chi connectivity index (χ1n) is 7.20. The van der Waals surface area contributed by atoms with Gasteiger partial charge in [-0.15, -0.1) is 11.8 Å². The molecule has 1 amide bonds. The van der Waals surface area contributed by atoms with E-state index >= 15 is 0 Å². The van der Waals surface area contributed by atoms with E-state index in [-0.39, 0.29) is 5.91 Å². The van der Waals surface area contributed by atoms with E-state index in [0.29, 0.717) is 23.6 Å². The van der Waals surface area contributed by atoms with E-state index in [4.69, 9.17) is 4.52 Å². The van der Waals surface area contributed by atoms with E-state index in [0.717, 1.165) is 10.5 Å². The number of carbonyl (C=O) groups excluding carboxylic acids is 1. The summed E-state index contributed by atoms with van der Waals surface area (Å²) in [5.41, 5.74) is 2.33. The van der Waals surface area contributed by atoms with Crippen molar-refractivity contribution >= 4 is 17.7 Å². The van der Waals surface area contributed by atoms with Crippen molar-refractivity contribution in [3.63, 3.8) is 0 Å². The predicted octanol–water partition coefficient (Wildman–Crippen LogP) is 3.99. The zero-order valence-corrected chi connectivity index (χ0v) is 13.5. The van der Waals surface area contributed by atoms with E-state index in [9.17, 15) is 4.79 Å². The second-order valence-corrected chi connectivity index (χ2v) is 5.78. The second-order valence-electron chi connectivity index (χ2n) is 4.93. The molecule has 0 bridgehead atoms. The van der Waals surface area contributed by atoms with Crippen LogP contribution in [-0.2, 0) is 6.54 Å². The number of carbonyl (C=O) groups is 1. The average Bonchev–Trinajstić information content (AvgIpc) is 3.09. The van der Waals surface area contributed by atoms with E-state index in [2.05, 4.69) is 10.5 Å². The van der Waals surface area contributed by atoms with E-state index in [1.807, 2.05) is 66.9 Å². The summed E-state index contributed by atoms with van der Waals surface area (Å²) in [7, 11) is 0. The van der Waals surface area contributed by atoms with Gasteiger partial charge < -0.3 is 9.84 Å². The molecule has 0 saturated heterocycles. The zero-order chi connectivity index (χ0) is 16.1. The third-order valence-corrected chi connectivity index (χ3v) is 4.19. The molecule has 0 spiro atoms. The minimum Gasteiger partial charge on any atom is -0.356 e. The number of nitrogens with one attached hydrogen (secondary N) is 1. The van der Waals surface area contributed by atoms with Crippen molar-refractivity contribution < 1.29 is 9.32 Å². The first kappa shape index (κ1) is 15.4. The molecule has 5 heteroatoms. The quantitative estimate of drug-likeness (QED) is 0.721. The largest absolute Gasteiger partial charge is 0.356 e. The summed E-state index contributed by atoms with van der Waals surface area (Å²) < 4.78 is 5.33. The molecule has 1 N–H and O–H groups in total. The zero-order valence-electron chi connectivity index (χ0n) is 12.7. The van der Waals surface area contributed by atoms with Crippen LogP contribution in [0.4, 0.5) is 0 Å². The number of hydrogen-bond donors (Lipinski definition) is 1. The maximum atomic E-state index is 12.3. The van der Waals surface area contributed by atoms with Crippen molar-refractivity contribution in [1.29, 1.82) is 0 Å². The maximum absolute atomic E-state index is 12.3. The van der Waals surface area contributed by atoms with Gasteiger partial charge in [0.1, 0.15) is 5.69 Å². The van der Waals surface area contributed by atoms with Gasteiger partial charge in [0.15, 0.2) is 5.76 Å². The van der Waals surface area contributed by atoms with Crippen LogP contribution in [0.15, 0.2) is 70.1 Å². The Balaban J connectivity index is 1.67. The Kier molecular flexibility index (Phi) is 4.78. The normalized spacial score (nSPS) is 10.5. The Labute approximate surface area is 138 Å². The number of rotatable bonds is 5. The molecular formula is C18H16N2O2S. The van der Waals surface area contributed by atoms with Crippen molar-refractivity contribution in [2.24, 2.45) is 0 Å². The van der Waals surface area contributed by atoms with Crippen LogP contribution in [0.3, 0.4) is 0 Å². The highest BCUT2D eigenvalue weighted by Gasteiger charge is 2.12. The number of nitrogens with zero attached hydrogens (tertiary/aromatic N) is 1. The fraction of sp³-hybridized carbons (Fsp3) is 0.111. The Morgan fingerprint density at radius 1 is 1.13 bits per heavy atom. The predicted molar refractivity (Wildman–Crippen MR) is 91.3 cm³/mol. The summed E-state index contributed by atoms with van der Waals surface area (Å²) in [6.45, 7) is 0.331. The number of thioether (sulfide) groups is 1. The molecule has 0 unspecified atom stereocenters. The van der Waals surface area contributed by atoms with Crippen LogP contribution in [0.2, 0.25) is 0 Å². The van der Waals surface area contributed by atoms with Crippen LogP contribution < -0.4 is 5.32 Å². The SMILES string of the molecule is CSc1ccccc1C(=O)NCc1cc(-c2ccccc2)on1. The van der Waals surface area contributed by atoms with Gasteiger partial charge in [-0.25, -0.2) is 0 Å². The molecule has 1 aromatic heterocycles. The summed E-state index contributed by atoms with van der Waals surface area (Å²) in [6.07, 6.45) is 1.95. The van der Waals surface area contributed by atoms with Crippen LogP contribution in [0.5, 0.6) is 0 Å². The molecule has 0 fully saturated rings. The monoisotopic (exact) mass is 324 g/mol. The number of aromatic nitrogens is 1. The fourth-order valence-corrected chi connectivity index (χ4v) is 2.83. The summed E-state index contributed by atoms with van der Waals surface area (Å²) >= 11 is 1.55. The third-order valence-electron chi connectivity index (χ3n) is 3.40. The van der Waals surface area contributed by atoms with E-state index in [1.54, 1.807) is 11.8 Å². The minimum atomic E-state index is -0.112. The highest BCUT2D eigenvalue weighted by molar-refractivity contribution is 7.98. The van der Waals surface area contributed by atoms with Gasteiger partial charge in [0, 0.05) is 16.5 Å². The first-order valence-corrected chi connectivity index (χ1v) is 8.42. The van der Waals surface area contributed by atoms with Gasteiger partial charge in [-0.1, -0.05) is 47.6 Å². The number of benzene rings is 2. The highest BCUT2D eigenvalue weighted by Crippen LogP contribution is 2.21. The van der Waals surface area contributed by atoms with Crippen molar-refractivity contribution in [2.75, 3.05) is 6.26 Å². The van der Waals surface area contributed by atoms with E-state index in [1.165, 1.54) is 0 Å². The lowest BCUT2D eigenvalue weighted by Crippen LogP contribution is -2.23. The molecule has 0 saturated carbocycles. The summed E-state index contributed by atoms with van der Waals surface area (Å²) in [6, 6.07) is 19.1. The van der Waals surface area contributed by atoms with Crippen LogP contribution in [-0.4, -0.2) is 17.3 Å². The molecule has 0 atom stereocenters. The van der Waals surface area contributed by atoms with Gasteiger partial charge in [0.25, 0.3) is 5.91 Å². The Morgan fingerprint density at radius 2 is 1.87 bits per heavy atom. The fourth-order valence-electron chi connectivity index (χ4n) is 2.23. The number of hydrogen-bond acceptors (Lipinski definition) is 4. The molecule has 0 aliphatic rings. The third kappa shape index (κ3) is 3.63. The molecule has 3 rings (SSSR count). The maximum Gasteiger partial charge on any atom is 0.252 e. The smallest absolute Gasteiger partial charge is 0.252 e. The molecule has 3 aromatic rings. The topological polar surface area (TPSA) is 55.1 Å². The Morgan fingerprint density at radius 3 is 2.65 bits per heavy atom. The van der Waals surface area contributed by atoms with Gasteiger partial charge in [-0.05, 0) is 18.4 Å². The molecule has 23 heavy (non-hydrogen) atoms. The lowest BCUT2D eigenvalue weighted by atomic mass is 10.1. The summed E-state index contributed by atoms with van der Waals surface area (Å²) in [4.78, 5) is 13.2. The molecular weight excluding hydrogens is 308 g/mol. The molecule has 0 aliphatic heterocycles. The Bertz CT molecular complexity index is 800. The molecule has 0 aliphatic carbocycles. The van der Waals surface area contributed by atoms with Crippen LogP contribution >= 0.6 is 11.8 Å². The van der Waals surface area contributed by atoms with Gasteiger partial charge >= 0.3 is 0 Å².